The van der Waals surface area contributed by atoms with Crippen molar-refractivity contribution in [3.8, 4) is 0 Å². The second-order valence-corrected chi connectivity index (χ2v) is 10.2. The van der Waals surface area contributed by atoms with Crippen LogP contribution in [0.15, 0.2) is 36.4 Å². The van der Waals surface area contributed by atoms with Crippen LogP contribution in [0.4, 0.5) is 18.7 Å². The highest BCUT2D eigenvalue weighted by atomic mass is 35.5. The maximum atomic E-state index is 13.4. The van der Waals surface area contributed by atoms with E-state index in [4.69, 9.17) is 16.3 Å². The number of ether oxygens (including phenoxy) is 1. The first kappa shape index (κ1) is 26.8. The number of aliphatic hydroxyl groups is 1. The number of hydrogen-bond acceptors (Lipinski definition) is 6. The van der Waals surface area contributed by atoms with E-state index in [2.05, 4.69) is 10.3 Å². The Morgan fingerprint density at radius 2 is 1.94 bits per heavy atom. The number of rotatable bonds is 9. The number of hydrogen-bond donors (Lipinski definition) is 2. The Balaban J connectivity index is 1.61. The first-order valence-corrected chi connectivity index (χ1v) is 12.0. The lowest BCUT2D eigenvalue weighted by atomic mass is 9.98. The second kappa shape index (κ2) is 11.3. The molecule has 0 aliphatic rings. The summed E-state index contributed by atoms with van der Waals surface area (Å²) in [5.41, 5.74) is -0.0719. The summed E-state index contributed by atoms with van der Waals surface area (Å²) in [4.78, 5) is 30.7. The van der Waals surface area contributed by atoms with Gasteiger partial charge in [0.1, 0.15) is 6.61 Å². The number of halogens is 3. The van der Waals surface area contributed by atoms with Gasteiger partial charge in [0, 0.05) is 24.6 Å². The molecule has 3 aromatic rings. The van der Waals surface area contributed by atoms with Crippen LogP contribution in [-0.2, 0) is 16.0 Å². The van der Waals surface area contributed by atoms with Crippen LogP contribution in [0, 0.1) is 11.6 Å². The number of fused-ring (bicyclic) bond motifs is 1. The van der Waals surface area contributed by atoms with Crippen LogP contribution in [-0.4, -0.2) is 52.3 Å². The smallest absolute Gasteiger partial charge is 0.413 e. The summed E-state index contributed by atoms with van der Waals surface area (Å²) in [6.45, 7) is 3.02. The summed E-state index contributed by atoms with van der Waals surface area (Å²) in [6.07, 6.45) is -0.0530. The fraction of sp³-hybridized carbons (Fsp3) is 0.375. The first-order valence-electron chi connectivity index (χ1n) is 10.8. The van der Waals surface area contributed by atoms with E-state index in [1.807, 2.05) is 18.2 Å². The number of nitrogens with one attached hydrogen (secondary N) is 1. The van der Waals surface area contributed by atoms with Gasteiger partial charge in [0.2, 0.25) is 5.91 Å². The highest BCUT2D eigenvalue weighted by Crippen LogP contribution is 2.28. The van der Waals surface area contributed by atoms with E-state index in [1.165, 1.54) is 4.90 Å². The molecule has 35 heavy (non-hydrogen) atoms. The van der Waals surface area contributed by atoms with E-state index < -0.39 is 29.4 Å². The minimum atomic E-state index is -1.12. The normalized spacial score (nSPS) is 12.4. The number of anilines is 1. The van der Waals surface area contributed by atoms with Gasteiger partial charge in [-0.1, -0.05) is 41.1 Å². The molecule has 3 rings (SSSR count). The first-order chi connectivity index (χ1) is 16.4. The Kier molecular flexibility index (Phi) is 8.63. The maximum absolute atomic E-state index is 13.4. The number of nitrogens with zero attached hydrogens (tertiary/aromatic N) is 2. The fourth-order valence-corrected chi connectivity index (χ4v) is 4.57. The summed E-state index contributed by atoms with van der Waals surface area (Å²) in [5.74, 6) is -2.24. The van der Waals surface area contributed by atoms with Crippen molar-refractivity contribution in [2.45, 2.75) is 44.8 Å². The van der Waals surface area contributed by atoms with Crippen molar-refractivity contribution < 1.29 is 28.2 Å². The molecular formula is C24H26ClF2N3O4S. The van der Waals surface area contributed by atoms with Gasteiger partial charge in [0.15, 0.2) is 16.8 Å². The molecule has 2 N–H and O–H groups in total. The zero-order valence-corrected chi connectivity index (χ0v) is 21.1. The SMILES string of the molecule is CN(C(=O)CCc1ccccc1Cl)[C@H](COC(=O)Nc1nc2cc(F)c(F)cc2s1)CC(C)(C)O. The highest BCUT2D eigenvalue weighted by molar-refractivity contribution is 7.22. The van der Waals surface area contributed by atoms with Crippen molar-refractivity contribution in [1.29, 1.82) is 0 Å². The van der Waals surface area contributed by atoms with E-state index >= 15 is 0 Å². The quantitative estimate of drug-likeness (QED) is 0.390. The molecule has 188 valence electrons. The molecule has 2 amide bonds. The lowest BCUT2D eigenvalue weighted by Crippen LogP contribution is -2.45. The maximum Gasteiger partial charge on any atom is 0.413 e. The Bertz CT molecular complexity index is 1180. The molecule has 1 atom stereocenters. The predicted octanol–water partition coefficient (Wildman–Crippen LogP) is 5.40. The van der Waals surface area contributed by atoms with Crippen molar-refractivity contribution in [3.63, 3.8) is 0 Å². The number of likely N-dealkylation sites (N-methyl/N-ethyl adjacent to an activating group) is 1. The van der Waals surface area contributed by atoms with Crippen molar-refractivity contribution in [3.05, 3.63) is 58.6 Å². The average Bonchev–Trinajstić information content (AvgIpc) is 3.15. The summed E-state index contributed by atoms with van der Waals surface area (Å²) in [7, 11) is 1.59. The van der Waals surface area contributed by atoms with Gasteiger partial charge in [0.05, 0.1) is 21.9 Å². The van der Waals surface area contributed by atoms with Gasteiger partial charge in [-0.3, -0.25) is 10.1 Å². The molecule has 0 spiro atoms. The van der Waals surface area contributed by atoms with Gasteiger partial charge in [-0.05, 0) is 44.4 Å². The van der Waals surface area contributed by atoms with E-state index in [-0.39, 0.29) is 36.0 Å². The third kappa shape index (κ3) is 7.58. The van der Waals surface area contributed by atoms with Gasteiger partial charge in [-0.25, -0.2) is 18.6 Å². The van der Waals surface area contributed by atoms with Crippen LogP contribution in [0.2, 0.25) is 5.02 Å². The topological polar surface area (TPSA) is 91.8 Å². The molecule has 0 saturated heterocycles. The van der Waals surface area contributed by atoms with E-state index in [0.29, 0.717) is 16.1 Å². The third-order valence-electron chi connectivity index (χ3n) is 5.29. The second-order valence-electron chi connectivity index (χ2n) is 8.74. The Morgan fingerprint density at radius 1 is 1.26 bits per heavy atom. The predicted molar refractivity (Wildman–Crippen MR) is 132 cm³/mol. The molecule has 7 nitrogen and oxygen atoms in total. The standard InChI is InChI=1S/C24H26ClF2N3O4S/c1-24(2,33)12-15(30(3)21(31)9-8-14-6-4-5-7-16(14)25)13-34-23(32)29-22-28-19-10-17(26)18(27)11-20(19)35-22/h4-7,10-11,15,33H,8-9,12-13H2,1-3H3,(H,28,29,32)/t15-/m0/s1. The molecular weight excluding hydrogens is 500 g/mol. The van der Waals surface area contributed by atoms with Crippen LogP contribution in [0.5, 0.6) is 0 Å². The van der Waals surface area contributed by atoms with Crippen molar-refractivity contribution in [2.24, 2.45) is 0 Å². The molecule has 0 saturated carbocycles. The van der Waals surface area contributed by atoms with E-state index in [9.17, 15) is 23.5 Å². The molecule has 1 heterocycles. The summed E-state index contributed by atoms with van der Waals surface area (Å²) < 4.78 is 32.5. The zero-order valence-electron chi connectivity index (χ0n) is 19.5. The van der Waals surface area contributed by atoms with Gasteiger partial charge < -0.3 is 14.7 Å². The number of benzene rings is 2. The molecule has 0 aliphatic heterocycles. The summed E-state index contributed by atoms with van der Waals surface area (Å²) in [6, 6.07) is 8.61. The molecule has 2 aromatic carbocycles. The number of thiazole rings is 1. The van der Waals surface area contributed by atoms with Crippen LogP contribution >= 0.6 is 22.9 Å². The molecule has 0 radical (unpaired) electrons. The summed E-state index contributed by atoms with van der Waals surface area (Å²) in [5, 5.41) is 13.4. The van der Waals surface area contributed by atoms with Crippen LogP contribution < -0.4 is 5.32 Å². The third-order valence-corrected chi connectivity index (χ3v) is 6.59. The van der Waals surface area contributed by atoms with Crippen molar-refractivity contribution in [1.82, 2.24) is 9.88 Å². The molecule has 0 unspecified atom stereocenters. The minimum Gasteiger partial charge on any atom is -0.447 e. The lowest BCUT2D eigenvalue weighted by molar-refractivity contribution is -0.134. The minimum absolute atomic E-state index is 0.109. The average molecular weight is 526 g/mol. The molecule has 0 fully saturated rings. The Morgan fingerprint density at radius 3 is 2.63 bits per heavy atom. The Hall–Kier alpha value is -2.82. The number of carbonyl (C=O) groups is 2. The number of amides is 2. The number of aromatic nitrogens is 1. The van der Waals surface area contributed by atoms with E-state index in [0.717, 1.165) is 29.0 Å². The van der Waals surface area contributed by atoms with Gasteiger partial charge in [-0.15, -0.1) is 0 Å². The monoisotopic (exact) mass is 525 g/mol. The van der Waals surface area contributed by atoms with Crippen LogP contribution in [0.1, 0.15) is 32.3 Å². The van der Waals surface area contributed by atoms with Gasteiger partial charge in [0.25, 0.3) is 0 Å². The van der Waals surface area contributed by atoms with Crippen LogP contribution in [0.25, 0.3) is 10.2 Å². The van der Waals surface area contributed by atoms with Gasteiger partial charge in [-0.2, -0.15) is 0 Å². The van der Waals surface area contributed by atoms with E-state index in [1.54, 1.807) is 27.0 Å². The lowest BCUT2D eigenvalue weighted by Gasteiger charge is -2.32. The number of aryl methyl sites for hydroxylation is 1. The number of carbonyl (C=O) groups excluding carboxylic acids is 2. The molecule has 1 aromatic heterocycles. The Labute approximate surface area is 210 Å². The van der Waals surface area contributed by atoms with Crippen molar-refractivity contribution >= 4 is 50.3 Å². The zero-order chi connectivity index (χ0) is 25.8. The van der Waals surface area contributed by atoms with Gasteiger partial charge >= 0.3 is 6.09 Å². The molecule has 0 aliphatic carbocycles. The fourth-order valence-electron chi connectivity index (χ4n) is 3.48. The summed E-state index contributed by atoms with van der Waals surface area (Å²) >= 11 is 7.13. The molecule has 0 bridgehead atoms. The largest absolute Gasteiger partial charge is 0.447 e. The highest BCUT2D eigenvalue weighted by Gasteiger charge is 2.28. The van der Waals surface area contributed by atoms with Crippen LogP contribution in [0.3, 0.4) is 0 Å². The molecule has 11 heteroatoms. The van der Waals surface area contributed by atoms with Crippen molar-refractivity contribution in [2.75, 3.05) is 19.0 Å².